The first-order valence-electron chi connectivity index (χ1n) is 7.77. The summed E-state index contributed by atoms with van der Waals surface area (Å²) in [5.41, 5.74) is 0. The summed E-state index contributed by atoms with van der Waals surface area (Å²) >= 11 is 0. The second kappa shape index (κ2) is 8.03. The van der Waals surface area contributed by atoms with Gasteiger partial charge < -0.3 is 14.7 Å². The van der Waals surface area contributed by atoms with Gasteiger partial charge in [0.1, 0.15) is 5.75 Å². The zero-order chi connectivity index (χ0) is 15.1. The summed E-state index contributed by atoms with van der Waals surface area (Å²) in [5.74, 6) is 1.02. The van der Waals surface area contributed by atoms with E-state index in [-0.39, 0.29) is 17.9 Å². The monoisotopic (exact) mass is 291 g/mol. The lowest BCUT2D eigenvalue weighted by molar-refractivity contribution is -0.136. The smallest absolute Gasteiger partial charge is 0.225 e. The Labute approximate surface area is 126 Å². The molecule has 4 nitrogen and oxygen atoms in total. The maximum Gasteiger partial charge on any atom is 0.225 e. The molecule has 4 heteroatoms. The van der Waals surface area contributed by atoms with Gasteiger partial charge in [-0.15, -0.1) is 0 Å². The van der Waals surface area contributed by atoms with Crippen molar-refractivity contribution in [1.29, 1.82) is 0 Å². The van der Waals surface area contributed by atoms with E-state index in [0.29, 0.717) is 19.6 Å². The van der Waals surface area contributed by atoms with Crippen molar-refractivity contribution < 1.29 is 14.6 Å². The molecule has 0 aliphatic heterocycles. The first kappa shape index (κ1) is 15.8. The topological polar surface area (TPSA) is 49.8 Å². The standard InChI is InChI=1S/C17H25NO3/c1-18(17(20)14-7-5-8-15(19)13-14)11-6-12-21-16-9-3-2-4-10-16/h2-4,9-10,14-15,19H,5-8,11-13H2,1H3/t14-,15+/m0/s1. The third-order valence-electron chi connectivity index (χ3n) is 4.02. The van der Waals surface area contributed by atoms with Gasteiger partial charge >= 0.3 is 0 Å². The predicted molar refractivity (Wildman–Crippen MR) is 82.2 cm³/mol. The van der Waals surface area contributed by atoms with E-state index in [1.54, 1.807) is 4.90 Å². The fourth-order valence-corrected chi connectivity index (χ4v) is 2.82. The van der Waals surface area contributed by atoms with E-state index in [4.69, 9.17) is 4.74 Å². The van der Waals surface area contributed by atoms with Crippen LogP contribution in [0.3, 0.4) is 0 Å². The normalized spacial score (nSPS) is 21.8. The predicted octanol–water partition coefficient (Wildman–Crippen LogP) is 2.47. The van der Waals surface area contributed by atoms with Crippen LogP contribution in [0, 0.1) is 5.92 Å². The van der Waals surface area contributed by atoms with E-state index >= 15 is 0 Å². The largest absolute Gasteiger partial charge is 0.494 e. The number of ether oxygens (including phenoxy) is 1. The van der Waals surface area contributed by atoms with Crippen molar-refractivity contribution in [3.05, 3.63) is 30.3 Å². The summed E-state index contributed by atoms with van der Waals surface area (Å²) in [6.45, 7) is 1.30. The van der Waals surface area contributed by atoms with Gasteiger partial charge in [-0.25, -0.2) is 0 Å². The maximum atomic E-state index is 12.3. The average Bonchev–Trinajstić information content (AvgIpc) is 2.51. The van der Waals surface area contributed by atoms with Gasteiger partial charge in [0.2, 0.25) is 5.91 Å². The van der Waals surface area contributed by atoms with Gasteiger partial charge in [0.25, 0.3) is 0 Å². The molecule has 1 aliphatic carbocycles. The van der Waals surface area contributed by atoms with Crippen LogP contribution in [0.4, 0.5) is 0 Å². The Bertz CT molecular complexity index is 435. The molecule has 0 radical (unpaired) electrons. The highest BCUT2D eigenvalue weighted by Crippen LogP contribution is 2.25. The van der Waals surface area contributed by atoms with E-state index in [1.165, 1.54) is 0 Å². The van der Waals surface area contributed by atoms with Crippen molar-refractivity contribution in [3.8, 4) is 5.75 Å². The quantitative estimate of drug-likeness (QED) is 0.819. The van der Waals surface area contributed by atoms with Gasteiger partial charge in [-0.05, 0) is 37.8 Å². The molecule has 1 amide bonds. The summed E-state index contributed by atoms with van der Waals surface area (Å²) in [6.07, 6.45) is 3.81. The molecule has 0 saturated heterocycles. The second-order valence-corrected chi connectivity index (χ2v) is 5.79. The van der Waals surface area contributed by atoms with Crippen molar-refractivity contribution in [2.24, 2.45) is 5.92 Å². The molecule has 1 aliphatic rings. The Morgan fingerprint density at radius 1 is 1.33 bits per heavy atom. The molecule has 1 aromatic rings. The van der Waals surface area contributed by atoms with Crippen LogP contribution in [0.25, 0.3) is 0 Å². The molecule has 0 unspecified atom stereocenters. The SMILES string of the molecule is CN(CCCOc1ccccc1)C(=O)[C@H]1CCC[C@@H](O)C1. The van der Waals surface area contributed by atoms with E-state index < -0.39 is 0 Å². The third-order valence-corrected chi connectivity index (χ3v) is 4.02. The second-order valence-electron chi connectivity index (χ2n) is 5.79. The highest BCUT2D eigenvalue weighted by Gasteiger charge is 2.27. The molecule has 21 heavy (non-hydrogen) atoms. The third kappa shape index (κ3) is 5.05. The van der Waals surface area contributed by atoms with E-state index in [9.17, 15) is 9.90 Å². The van der Waals surface area contributed by atoms with Crippen molar-refractivity contribution in [2.45, 2.75) is 38.2 Å². The minimum atomic E-state index is -0.303. The Hall–Kier alpha value is -1.55. The van der Waals surface area contributed by atoms with E-state index in [2.05, 4.69) is 0 Å². The summed E-state index contributed by atoms with van der Waals surface area (Å²) in [7, 11) is 1.84. The molecule has 1 fully saturated rings. The Kier molecular flexibility index (Phi) is 6.05. The van der Waals surface area contributed by atoms with Crippen LogP contribution in [-0.4, -0.2) is 42.2 Å². The molecular weight excluding hydrogens is 266 g/mol. The lowest BCUT2D eigenvalue weighted by Gasteiger charge is -2.28. The molecule has 116 valence electrons. The number of carbonyl (C=O) groups excluding carboxylic acids is 1. The molecule has 2 rings (SSSR count). The van der Waals surface area contributed by atoms with Gasteiger partial charge in [-0.3, -0.25) is 4.79 Å². The Morgan fingerprint density at radius 2 is 2.10 bits per heavy atom. The fourth-order valence-electron chi connectivity index (χ4n) is 2.82. The Morgan fingerprint density at radius 3 is 2.81 bits per heavy atom. The maximum absolute atomic E-state index is 12.3. The molecule has 0 aromatic heterocycles. The lowest BCUT2D eigenvalue weighted by Crippen LogP contribution is -2.37. The van der Waals surface area contributed by atoms with E-state index in [1.807, 2.05) is 37.4 Å². The molecule has 2 atom stereocenters. The molecule has 0 spiro atoms. The highest BCUT2D eigenvalue weighted by molar-refractivity contribution is 5.78. The van der Waals surface area contributed by atoms with Gasteiger partial charge in [0, 0.05) is 19.5 Å². The number of rotatable bonds is 6. The Balaban J connectivity index is 1.66. The average molecular weight is 291 g/mol. The van der Waals surface area contributed by atoms with Crippen LogP contribution in [-0.2, 0) is 4.79 Å². The number of hydrogen-bond donors (Lipinski definition) is 1. The molecule has 1 aromatic carbocycles. The van der Waals surface area contributed by atoms with Crippen molar-refractivity contribution in [2.75, 3.05) is 20.2 Å². The zero-order valence-corrected chi connectivity index (χ0v) is 12.7. The van der Waals surface area contributed by atoms with Crippen LogP contribution in [0.5, 0.6) is 5.75 Å². The van der Waals surface area contributed by atoms with Gasteiger partial charge in [-0.1, -0.05) is 24.6 Å². The molecule has 1 N–H and O–H groups in total. The number of carbonyl (C=O) groups is 1. The van der Waals surface area contributed by atoms with Gasteiger partial charge in [0.15, 0.2) is 0 Å². The van der Waals surface area contributed by atoms with Crippen LogP contribution in [0.15, 0.2) is 30.3 Å². The van der Waals surface area contributed by atoms with Crippen molar-refractivity contribution in [3.63, 3.8) is 0 Å². The highest BCUT2D eigenvalue weighted by atomic mass is 16.5. The summed E-state index contributed by atoms with van der Waals surface area (Å²) in [4.78, 5) is 14.1. The zero-order valence-electron chi connectivity index (χ0n) is 12.7. The number of amides is 1. The van der Waals surface area contributed by atoms with Crippen molar-refractivity contribution >= 4 is 5.91 Å². The first-order valence-corrected chi connectivity index (χ1v) is 7.77. The summed E-state index contributed by atoms with van der Waals surface area (Å²) < 4.78 is 5.62. The molecular formula is C17H25NO3. The van der Waals surface area contributed by atoms with Crippen molar-refractivity contribution in [1.82, 2.24) is 4.90 Å². The van der Waals surface area contributed by atoms with Gasteiger partial charge in [-0.2, -0.15) is 0 Å². The van der Waals surface area contributed by atoms with Crippen LogP contribution < -0.4 is 4.74 Å². The van der Waals surface area contributed by atoms with Crippen LogP contribution in [0.1, 0.15) is 32.1 Å². The minimum Gasteiger partial charge on any atom is -0.494 e. The number of aliphatic hydroxyl groups is 1. The molecule has 1 saturated carbocycles. The molecule has 0 heterocycles. The number of hydrogen-bond acceptors (Lipinski definition) is 3. The first-order chi connectivity index (χ1) is 10.2. The summed E-state index contributed by atoms with van der Waals surface area (Å²) in [6, 6.07) is 9.70. The summed E-state index contributed by atoms with van der Waals surface area (Å²) in [5, 5.41) is 9.66. The minimum absolute atomic E-state index is 0.00575. The number of para-hydroxylation sites is 1. The van der Waals surface area contributed by atoms with Gasteiger partial charge in [0.05, 0.1) is 12.7 Å². The number of benzene rings is 1. The van der Waals surface area contributed by atoms with Crippen LogP contribution >= 0.6 is 0 Å². The van der Waals surface area contributed by atoms with E-state index in [0.717, 1.165) is 31.4 Å². The number of nitrogens with zero attached hydrogens (tertiary/aromatic N) is 1. The lowest BCUT2D eigenvalue weighted by atomic mass is 9.86. The molecule has 0 bridgehead atoms. The fraction of sp³-hybridized carbons (Fsp3) is 0.588. The van der Waals surface area contributed by atoms with Crippen LogP contribution in [0.2, 0.25) is 0 Å². The number of aliphatic hydroxyl groups excluding tert-OH is 1.